The second-order valence-corrected chi connectivity index (χ2v) is 7.42. The van der Waals surface area contributed by atoms with Gasteiger partial charge in [0, 0.05) is 24.3 Å². The molecule has 2 N–H and O–H groups in total. The molecular weight excluding hydrogens is 244 g/mol. The van der Waals surface area contributed by atoms with E-state index < -0.39 is 0 Å². The molecule has 1 aliphatic carbocycles. The fourth-order valence-corrected chi connectivity index (χ4v) is 3.97. The lowest BCUT2D eigenvalue weighted by molar-refractivity contribution is -0.121. The zero-order chi connectivity index (χ0) is 13.0. The van der Waals surface area contributed by atoms with Gasteiger partial charge in [0.1, 0.15) is 0 Å². The van der Waals surface area contributed by atoms with E-state index in [1.165, 1.54) is 30.8 Å². The highest BCUT2D eigenvalue weighted by Gasteiger charge is 2.31. The van der Waals surface area contributed by atoms with Crippen molar-refractivity contribution in [1.82, 2.24) is 10.6 Å². The summed E-state index contributed by atoms with van der Waals surface area (Å²) >= 11 is 2.04. The van der Waals surface area contributed by atoms with E-state index in [0.29, 0.717) is 23.9 Å². The van der Waals surface area contributed by atoms with Gasteiger partial charge >= 0.3 is 0 Å². The third-order valence-electron chi connectivity index (χ3n) is 4.03. The van der Waals surface area contributed by atoms with Gasteiger partial charge in [0.15, 0.2) is 0 Å². The van der Waals surface area contributed by atoms with E-state index in [0.717, 1.165) is 13.0 Å². The zero-order valence-corrected chi connectivity index (χ0v) is 12.4. The molecular formula is C14H26N2OS. The molecule has 3 nitrogen and oxygen atoms in total. The smallest absolute Gasteiger partial charge is 0.220 e. The maximum Gasteiger partial charge on any atom is 0.220 e. The molecule has 1 heterocycles. The van der Waals surface area contributed by atoms with Crippen LogP contribution in [0.5, 0.6) is 0 Å². The molecule has 0 radical (unpaired) electrons. The van der Waals surface area contributed by atoms with Gasteiger partial charge in [-0.3, -0.25) is 4.79 Å². The van der Waals surface area contributed by atoms with Crippen LogP contribution in [0.1, 0.15) is 46.0 Å². The number of rotatable bonds is 6. The minimum Gasteiger partial charge on any atom is -0.353 e. The monoisotopic (exact) mass is 270 g/mol. The van der Waals surface area contributed by atoms with Crippen LogP contribution < -0.4 is 10.6 Å². The van der Waals surface area contributed by atoms with Crippen molar-refractivity contribution in [3.63, 3.8) is 0 Å². The Hall–Kier alpha value is -0.220. The molecule has 1 saturated heterocycles. The fourth-order valence-electron chi connectivity index (χ4n) is 2.32. The van der Waals surface area contributed by atoms with Gasteiger partial charge in [-0.1, -0.05) is 13.8 Å². The molecule has 1 atom stereocenters. The molecule has 2 rings (SSSR count). The summed E-state index contributed by atoms with van der Waals surface area (Å²) in [6, 6.07) is 1.10. The molecule has 1 saturated carbocycles. The van der Waals surface area contributed by atoms with E-state index in [-0.39, 0.29) is 5.91 Å². The Morgan fingerprint density at radius 2 is 2.17 bits per heavy atom. The molecule has 0 aromatic carbocycles. The van der Waals surface area contributed by atoms with E-state index >= 15 is 0 Å². The van der Waals surface area contributed by atoms with Crippen LogP contribution in [0.3, 0.4) is 0 Å². The number of amides is 1. The van der Waals surface area contributed by atoms with Crippen LogP contribution in [0.4, 0.5) is 0 Å². The van der Waals surface area contributed by atoms with E-state index in [4.69, 9.17) is 0 Å². The van der Waals surface area contributed by atoms with E-state index in [9.17, 15) is 4.79 Å². The minimum atomic E-state index is 0.233. The van der Waals surface area contributed by atoms with Crippen molar-refractivity contribution in [2.24, 2.45) is 5.41 Å². The van der Waals surface area contributed by atoms with Crippen LogP contribution in [-0.2, 0) is 4.79 Å². The van der Waals surface area contributed by atoms with Crippen LogP contribution in [0.15, 0.2) is 0 Å². The van der Waals surface area contributed by atoms with Crippen LogP contribution in [0.2, 0.25) is 0 Å². The Bertz CT molecular complexity index is 290. The molecule has 2 aliphatic rings. The molecule has 0 bridgehead atoms. The lowest BCUT2D eigenvalue weighted by Gasteiger charge is -2.38. The highest BCUT2D eigenvalue weighted by atomic mass is 32.2. The average Bonchev–Trinajstić information content (AvgIpc) is 3.09. The molecule has 2 fully saturated rings. The molecule has 18 heavy (non-hydrogen) atoms. The third-order valence-corrected chi connectivity index (χ3v) is 5.09. The van der Waals surface area contributed by atoms with Crippen LogP contribution >= 0.6 is 11.8 Å². The first-order valence-corrected chi connectivity index (χ1v) is 8.34. The topological polar surface area (TPSA) is 41.1 Å². The highest BCUT2D eigenvalue weighted by molar-refractivity contribution is 7.99. The summed E-state index contributed by atoms with van der Waals surface area (Å²) in [7, 11) is 0. The third kappa shape index (κ3) is 4.47. The van der Waals surface area contributed by atoms with Gasteiger partial charge in [-0.25, -0.2) is 0 Å². The number of thioether (sulfide) groups is 1. The maximum absolute atomic E-state index is 11.5. The Labute approximate surface area is 115 Å². The Kier molecular flexibility index (Phi) is 4.96. The lowest BCUT2D eigenvalue weighted by Crippen LogP contribution is -2.47. The number of nitrogens with one attached hydrogen (secondary N) is 2. The van der Waals surface area contributed by atoms with Crippen LogP contribution in [0, 0.1) is 5.41 Å². The predicted octanol–water partition coefficient (Wildman–Crippen LogP) is 2.17. The van der Waals surface area contributed by atoms with Crippen molar-refractivity contribution in [2.45, 2.75) is 58.0 Å². The maximum atomic E-state index is 11.5. The van der Waals surface area contributed by atoms with Crippen molar-refractivity contribution in [2.75, 3.05) is 18.1 Å². The molecule has 0 aromatic rings. The van der Waals surface area contributed by atoms with Gasteiger partial charge in [0.25, 0.3) is 0 Å². The van der Waals surface area contributed by atoms with Gasteiger partial charge in [-0.15, -0.1) is 0 Å². The summed E-state index contributed by atoms with van der Waals surface area (Å²) in [5.74, 6) is 2.73. The Morgan fingerprint density at radius 1 is 1.39 bits per heavy atom. The van der Waals surface area contributed by atoms with Crippen molar-refractivity contribution >= 4 is 17.7 Å². The van der Waals surface area contributed by atoms with Crippen molar-refractivity contribution in [1.29, 1.82) is 0 Å². The number of hydrogen-bond donors (Lipinski definition) is 2. The predicted molar refractivity (Wildman–Crippen MR) is 77.9 cm³/mol. The fraction of sp³-hybridized carbons (Fsp3) is 0.929. The molecule has 1 aliphatic heterocycles. The first-order valence-electron chi connectivity index (χ1n) is 7.18. The van der Waals surface area contributed by atoms with Crippen molar-refractivity contribution in [3.8, 4) is 0 Å². The first-order chi connectivity index (χ1) is 8.58. The lowest BCUT2D eigenvalue weighted by atomic mass is 9.82. The van der Waals surface area contributed by atoms with Crippen LogP contribution in [-0.4, -0.2) is 36.0 Å². The van der Waals surface area contributed by atoms with Crippen molar-refractivity contribution in [3.05, 3.63) is 0 Å². The second kappa shape index (κ2) is 6.29. The van der Waals surface area contributed by atoms with Crippen molar-refractivity contribution < 1.29 is 4.79 Å². The van der Waals surface area contributed by atoms with Crippen LogP contribution in [0.25, 0.3) is 0 Å². The quantitative estimate of drug-likeness (QED) is 0.727. The van der Waals surface area contributed by atoms with E-state index in [1.54, 1.807) is 0 Å². The van der Waals surface area contributed by atoms with Gasteiger partial charge < -0.3 is 10.6 Å². The Balaban J connectivity index is 1.57. The zero-order valence-electron chi connectivity index (χ0n) is 11.6. The van der Waals surface area contributed by atoms with Gasteiger partial charge in [-0.2, -0.15) is 11.8 Å². The largest absolute Gasteiger partial charge is 0.353 e. The minimum absolute atomic E-state index is 0.233. The SMILES string of the molecule is CC1(C)CCSCC1NCCCC(=O)NC1CC1. The number of hydrogen-bond acceptors (Lipinski definition) is 3. The number of carbonyl (C=O) groups excluding carboxylic acids is 1. The normalized spacial score (nSPS) is 26.9. The van der Waals surface area contributed by atoms with Gasteiger partial charge in [-0.05, 0) is 43.4 Å². The average molecular weight is 270 g/mol. The van der Waals surface area contributed by atoms with Gasteiger partial charge in [0.2, 0.25) is 5.91 Å². The summed E-state index contributed by atoms with van der Waals surface area (Å²) in [6.07, 6.45) is 5.27. The summed E-state index contributed by atoms with van der Waals surface area (Å²) in [6.45, 7) is 5.67. The van der Waals surface area contributed by atoms with E-state index in [2.05, 4.69) is 24.5 Å². The summed E-state index contributed by atoms with van der Waals surface area (Å²) < 4.78 is 0. The Morgan fingerprint density at radius 3 is 2.83 bits per heavy atom. The molecule has 0 spiro atoms. The van der Waals surface area contributed by atoms with E-state index in [1.807, 2.05) is 11.8 Å². The highest BCUT2D eigenvalue weighted by Crippen LogP contribution is 2.34. The first kappa shape index (κ1) is 14.2. The molecule has 1 amide bonds. The number of carbonyl (C=O) groups is 1. The summed E-state index contributed by atoms with van der Waals surface area (Å²) in [4.78, 5) is 11.5. The molecule has 4 heteroatoms. The molecule has 104 valence electrons. The standard InChI is InChI=1S/C14H26N2OS/c1-14(2)7-9-18-10-12(14)15-8-3-4-13(17)16-11-5-6-11/h11-12,15H,3-10H2,1-2H3,(H,16,17). The second-order valence-electron chi connectivity index (χ2n) is 6.27. The molecule has 0 aromatic heterocycles. The molecule has 1 unspecified atom stereocenters. The van der Waals surface area contributed by atoms with Gasteiger partial charge in [0.05, 0.1) is 0 Å². The summed E-state index contributed by atoms with van der Waals surface area (Å²) in [5.41, 5.74) is 0.404. The summed E-state index contributed by atoms with van der Waals surface area (Å²) in [5, 5.41) is 6.67.